The molecule has 1 aliphatic rings. The molecule has 0 bridgehead atoms. The first-order chi connectivity index (χ1) is 15.4. The van der Waals surface area contributed by atoms with Gasteiger partial charge in [-0.3, -0.25) is 14.0 Å². The van der Waals surface area contributed by atoms with Gasteiger partial charge in [0.2, 0.25) is 11.5 Å². The van der Waals surface area contributed by atoms with Crippen molar-refractivity contribution in [3.63, 3.8) is 0 Å². The van der Waals surface area contributed by atoms with E-state index >= 15 is 0 Å². The summed E-state index contributed by atoms with van der Waals surface area (Å²) >= 11 is 0. The molecule has 0 radical (unpaired) electrons. The molecule has 0 aliphatic heterocycles. The second-order valence-electron chi connectivity index (χ2n) is 8.86. The van der Waals surface area contributed by atoms with Gasteiger partial charge in [0.05, 0.1) is 12.6 Å². The van der Waals surface area contributed by atoms with Crippen molar-refractivity contribution in [3.8, 4) is 0 Å². The highest BCUT2D eigenvalue weighted by Crippen LogP contribution is 2.20. The summed E-state index contributed by atoms with van der Waals surface area (Å²) in [4.78, 5) is 31.3. The molecule has 3 heterocycles. The monoisotopic (exact) mass is 438 g/mol. The van der Waals surface area contributed by atoms with E-state index in [0.717, 1.165) is 31.2 Å². The lowest BCUT2D eigenvalue weighted by Gasteiger charge is -2.15. The first-order valence-electron chi connectivity index (χ1n) is 11.4. The molecule has 1 saturated carbocycles. The van der Waals surface area contributed by atoms with E-state index in [1.165, 1.54) is 4.40 Å². The maximum Gasteiger partial charge on any atom is 0.278 e. The van der Waals surface area contributed by atoms with Gasteiger partial charge in [-0.2, -0.15) is 0 Å². The molecule has 1 fully saturated rings. The van der Waals surface area contributed by atoms with Crippen molar-refractivity contribution >= 4 is 28.4 Å². The lowest BCUT2D eigenvalue weighted by atomic mass is 10.1. The second-order valence-corrected chi connectivity index (χ2v) is 8.86. The van der Waals surface area contributed by atoms with Gasteiger partial charge in [0.1, 0.15) is 10.9 Å². The van der Waals surface area contributed by atoms with E-state index in [0.29, 0.717) is 47.6 Å². The number of hydrogen-bond donors (Lipinski definition) is 2. The number of nitrogens with two attached hydrogens (primary N) is 1. The molecule has 170 valence electrons. The number of carbonyl (C=O) groups excluding carboxylic acids is 1. The van der Waals surface area contributed by atoms with Gasteiger partial charge in [-0.1, -0.05) is 23.9 Å². The fourth-order valence-corrected chi connectivity index (χ4v) is 4.39. The van der Waals surface area contributed by atoms with Gasteiger partial charge < -0.3 is 15.8 Å². The van der Waals surface area contributed by atoms with Crippen LogP contribution < -0.4 is 21.2 Å². The van der Waals surface area contributed by atoms with Crippen molar-refractivity contribution in [2.45, 2.75) is 71.6 Å². The number of pyridine rings is 2. The second kappa shape index (κ2) is 9.24. The molecule has 0 saturated heterocycles. The zero-order chi connectivity index (χ0) is 22.8. The molecule has 4 rings (SSSR count). The Balaban J connectivity index is 1.84. The molecule has 1 aliphatic carbocycles. The van der Waals surface area contributed by atoms with Crippen molar-refractivity contribution in [2.75, 3.05) is 12.3 Å². The summed E-state index contributed by atoms with van der Waals surface area (Å²) < 4.78 is 8.99. The van der Waals surface area contributed by atoms with Crippen LogP contribution in [0.3, 0.4) is 0 Å². The largest absolute Gasteiger partial charge is 0.379 e. The minimum absolute atomic E-state index is 0.131. The Labute approximate surface area is 187 Å². The molecule has 3 N–H and O–H groups in total. The van der Waals surface area contributed by atoms with Crippen LogP contribution in [0.2, 0.25) is 0 Å². The number of aromatic nitrogens is 3. The van der Waals surface area contributed by atoms with Gasteiger partial charge >= 0.3 is 0 Å². The summed E-state index contributed by atoms with van der Waals surface area (Å²) in [6.07, 6.45) is 6.69. The zero-order valence-corrected chi connectivity index (χ0v) is 19.1. The predicted octanol–water partition coefficient (Wildman–Crippen LogP) is 2.51. The van der Waals surface area contributed by atoms with Crippen LogP contribution in [0.1, 0.15) is 61.9 Å². The third kappa shape index (κ3) is 4.32. The number of rotatable bonds is 7. The first-order valence-corrected chi connectivity index (χ1v) is 11.4. The summed E-state index contributed by atoms with van der Waals surface area (Å²) in [6.45, 7) is 6.94. The minimum Gasteiger partial charge on any atom is -0.379 e. The Hall–Kier alpha value is -3.00. The van der Waals surface area contributed by atoms with Crippen molar-refractivity contribution in [2.24, 2.45) is 0 Å². The Bertz CT molecular complexity index is 1210. The lowest BCUT2D eigenvalue weighted by molar-refractivity contribution is -0.659. The minimum atomic E-state index is -0.239. The Kier molecular flexibility index (Phi) is 6.41. The molecule has 1 amide bonds. The van der Waals surface area contributed by atoms with Crippen LogP contribution in [0.25, 0.3) is 16.7 Å². The van der Waals surface area contributed by atoms with Crippen LogP contribution in [-0.4, -0.2) is 34.0 Å². The highest BCUT2D eigenvalue weighted by Gasteiger charge is 2.26. The molecule has 3 aromatic rings. The molecule has 3 aromatic heterocycles. The topological polar surface area (TPSA) is 103 Å². The molecule has 8 nitrogen and oxygen atoms in total. The molecular formula is C24H32N5O3+. The number of carbonyl (C=O) groups is 1. The van der Waals surface area contributed by atoms with E-state index in [1.54, 1.807) is 16.8 Å². The summed E-state index contributed by atoms with van der Waals surface area (Å²) in [5, 5.41) is 3.47. The van der Waals surface area contributed by atoms with Crippen molar-refractivity contribution < 1.29 is 14.1 Å². The SMILES string of the molecule is Cc1cccn2c(=O)c3cc(C(=O)NC4CCCC4)c(N)[n+](CCCOC(C)C)c3nc12. The normalized spacial score (nSPS) is 14.6. The number of fused-ring (bicyclic) bond motifs is 2. The van der Waals surface area contributed by atoms with Gasteiger partial charge in [0.25, 0.3) is 17.1 Å². The number of ether oxygens (including phenoxy) is 1. The molecule has 0 spiro atoms. The zero-order valence-electron chi connectivity index (χ0n) is 19.1. The van der Waals surface area contributed by atoms with E-state index in [9.17, 15) is 9.59 Å². The number of hydrogen-bond acceptors (Lipinski definition) is 5. The third-order valence-electron chi connectivity index (χ3n) is 6.09. The fourth-order valence-electron chi connectivity index (χ4n) is 4.39. The Morgan fingerprint density at radius 3 is 2.84 bits per heavy atom. The summed E-state index contributed by atoms with van der Waals surface area (Å²) in [6, 6.07) is 5.49. The number of nitrogens with one attached hydrogen (secondary N) is 1. The molecule has 0 atom stereocenters. The van der Waals surface area contributed by atoms with Crippen molar-refractivity contribution in [3.05, 3.63) is 45.9 Å². The average Bonchev–Trinajstić information content (AvgIpc) is 3.26. The van der Waals surface area contributed by atoms with Crippen molar-refractivity contribution in [1.29, 1.82) is 0 Å². The number of nitrogens with zero attached hydrogens (tertiary/aromatic N) is 3. The summed E-state index contributed by atoms with van der Waals surface area (Å²) in [7, 11) is 0. The van der Waals surface area contributed by atoms with E-state index in [-0.39, 0.29) is 23.6 Å². The van der Waals surface area contributed by atoms with E-state index in [2.05, 4.69) is 5.32 Å². The fraction of sp³-hybridized carbons (Fsp3) is 0.500. The number of amides is 1. The lowest BCUT2D eigenvalue weighted by Crippen LogP contribution is -2.44. The van der Waals surface area contributed by atoms with E-state index in [4.69, 9.17) is 15.5 Å². The highest BCUT2D eigenvalue weighted by molar-refractivity contribution is 6.00. The van der Waals surface area contributed by atoms with E-state index in [1.807, 2.05) is 32.9 Å². The molecule has 0 unspecified atom stereocenters. The predicted molar refractivity (Wildman–Crippen MR) is 124 cm³/mol. The molecular weight excluding hydrogens is 406 g/mol. The van der Waals surface area contributed by atoms with Crippen LogP contribution in [0.5, 0.6) is 0 Å². The number of aryl methyl sites for hydroxylation is 2. The highest BCUT2D eigenvalue weighted by atomic mass is 16.5. The molecule has 32 heavy (non-hydrogen) atoms. The van der Waals surface area contributed by atoms with Gasteiger partial charge in [0, 0.05) is 30.8 Å². The van der Waals surface area contributed by atoms with Gasteiger partial charge in [-0.15, -0.1) is 0 Å². The van der Waals surface area contributed by atoms with Crippen LogP contribution >= 0.6 is 0 Å². The smallest absolute Gasteiger partial charge is 0.278 e. The quantitative estimate of drug-likeness (QED) is 0.335. The maximum absolute atomic E-state index is 13.4. The third-order valence-corrected chi connectivity index (χ3v) is 6.09. The standard InChI is InChI=1S/C24H31N5O3/c1-15(2)32-13-7-12-28-20(25)18(23(30)26-17-9-4-5-10-17)14-19-22(28)27-21-16(3)8-6-11-29(21)24(19)31/h6,8,11,14-15,17,25H,4-5,7,9-10,12-13H2,1-3H3,(H,26,30)/p+1. The van der Waals surface area contributed by atoms with Crippen LogP contribution in [0.4, 0.5) is 5.82 Å². The van der Waals surface area contributed by atoms with E-state index < -0.39 is 0 Å². The van der Waals surface area contributed by atoms with Crippen molar-refractivity contribution in [1.82, 2.24) is 14.7 Å². The Morgan fingerprint density at radius 2 is 2.12 bits per heavy atom. The Morgan fingerprint density at radius 1 is 1.38 bits per heavy atom. The van der Waals surface area contributed by atoms with Gasteiger partial charge in [-0.05, 0) is 45.7 Å². The van der Waals surface area contributed by atoms with Crippen LogP contribution in [-0.2, 0) is 11.3 Å². The van der Waals surface area contributed by atoms with Gasteiger partial charge in [-0.25, -0.2) is 4.57 Å². The average molecular weight is 439 g/mol. The summed E-state index contributed by atoms with van der Waals surface area (Å²) in [5.41, 5.74) is 8.58. The number of nitrogen functional groups attached to an aromatic ring is 1. The van der Waals surface area contributed by atoms with Crippen LogP contribution in [0.15, 0.2) is 29.2 Å². The first kappa shape index (κ1) is 22.2. The molecule has 8 heteroatoms. The number of anilines is 1. The molecule has 0 aromatic carbocycles. The van der Waals surface area contributed by atoms with Crippen LogP contribution in [0, 0.1) is 6.92 Å². The maximum atomic E-state index is 13.4. The van der Waals surface area contributed by atoms with Gasteiger partial charge in [0.15, 0.2) is 0 Å². The summed E-state index contributed by atoms with van der Waals surface area (Å²) in [5.74, 6) is 0.0830.